The van der Waals surface area contributed by atoms with Gasteiger partial charge < -0.3 is 14.8 Å². The highest BCUT2D eigenvalue weighted by atomic mass is 79.9. The maximum atomic E-state index is 14.9. The summed E-state index contributed by atoms with van der Waals surface area (Å²) in [5.74, 6) is -0.337. The van der Waals surface area contributed by atoms with Gasteiger partial charge in [-0.3, -0.25) is 0 Å². The summed E-state index contributed by atoms with van der Waals surface area (Å²) in [4.78, 5) is 0. The molecule has 0 radical (unpaired) electrons. The third-order valence-corrected chi connectivity index (χ3v) is 11.4. The molecule has 0 heterocycles. The topological polar surface area (TPSA) is 41.5 Å². The monoisotopic (exact) mass is 523 g/mol. The van der Waals surface area contributed by atoms with E-state index in [2.05, 4.69) is 62.0 Å². The van der Waals surface area contributed by atoms with Crippen molar-refractivity contribution in [3.63, 3.8) is 0 Å². The van der Waals surface area contributed by atoms with Crippen LogP contribution in [-0.4, -0.2) is 26.1 Å². The fourth-order valence-corrected chi connectivity index (χ4v) is 5.00. The van der Waals surface area contributed by atoms with E-state index in [1.54, 1.807) is 12.1 Å². The molecule has 0 spiro atoms. The highest BCUT2D eigenvalue weighted by Gasteiger charge is 2.43. The van der Waals surface area contributed by atoms with Crippen LogP contribution in [0.3, 0.4) is 0 Å². The van der Waals surface area contributed by atoms with E-state index >= 15 is 0 Å². The van der Waals surface area contributed by atoms with Crippen molar-refractivity contribution in [1.29, 1.82) is 0 Å². The van der Waals surface area contributed by atoms with Crippen molar-refractivity contribution >= 4 is 24.2 Å². The van der Waals surface area contributed by atoms with Gasteiger partial charge in [-0.05, 0) is 61.8 Å². The van der Waals surface area contributed by atoms with Crippen LogP contribution < -0.4 is 5.32 Å². The minimum Gasteiger partial charge on any atom is -0.407 e. The number of nitrogens with one attached hydrogen (secondary N) is 1. The zero-order valence-corrected chi connectivity index (χ0v) is 23.1. The number of hydrogen-bond donors (Lipinski definition) is 2. The second-order valence-electron chi connectivity index (χ2n) is 10.2. The number of benzene rings is 2. The predicted molar refractivity (Wildman–Crippen MR) is 138 cm³/mol. The lowest BCUT2D eigenvalue weighted by molar-refractivity contribution is 0.000531. The Labute approximate surface area is 203 Å². The largest absolute Gasteiger partial charge is 0.407 e. The summed E-state index contributed by atoms with van der Waals surface area (Å²) in [5, 5.41) is 15.1. The molecule has 2 rings (SSSR count). The summed E-state index contributed by atoms with van der Waals surface area (Å²) >= 11 is 3.46. The normalized spacial score (nSPS) is 15.4. The van der Waals surface area contributed by atoms with Crippen molar-refractivity contribution in [2.24, 2.45) is 0 Å². The molecule has 0 aliphatic rings. The highest BCUT2D eigenvalue weighted by molar-refractivity contribution is 9.10. The zero-order valence-electron chi connectivity index (χ0n) is 20.5. The van der Waals surface area contributed by atoms with Gasteiger partial charge in [0.05, 0.1) is 12.1 Å². The molecular formula is C26H39BrFNO2Si. The van der Waals surface area contributed by atoms with Gasteiger partial charge in [-0.1, -0.05) is 79.9 Å². The molecule has 2 aromatic rings. The van der Waals surface area contributed by atoms with Crippen LogP contribution in [-0.2, 0) is 4.43 Å². The molecule has 0 bridgehead atoms. The first-order chi connectivity index (χ1) is 14.9. The Morgan fingerprint density at radius 2 is 1.75 bits per heavy atom. The summed E-state index contributed by atoms with van der Waals surface area (Å²) in [6.07, 6.45) is 0.414. The molecule has 2 N–H and O–H groups in total. The molecule has 0 aliphatic heterocycles. The molecule has 2 aromatic carbocycles. The Hall–Kier alpha value is -1.05. The number of aliphatic hydroxyl groups excluding tert-OH is 1. The third kappa shape index (κ3) is 6.97. The van der Waals surface area contributed by atoms with Crippen molar-refractivity contribution in [3.8, 4) is 0 Å². The molecule has 3 nitrogen and oxygen atoms in total. The van der Waals surface area contributed by atoms with Gasteiger partial charge in [0.25, 0.3) is 0 Å². The molecule has 0 fully saturated rings. The maximum absolute atomic E-state index is 14.9. The van der Waals surface area contributed by atoms with E-state index in [9.17, 15) is 9.50 Å². The van der Waals surface area contributed by atoms with Gasteiger partial charge >= 0.3 is 0 Å². The van der Waals surface area contributed by atoms with Crippen molar-refractivity contribution < 1.29 is 13.9 Å². The molecule has 0 unspecified atom stereocenters. The van der Waals surface area contributed by atoms with Gasteiger partial charge in [-0.2, -0.15) is 0 Å². The lowest BCUT2D eigenvalue weighted by Gasteiger charge is -2.42. The average Bonchev–Trinajstić information content (AvgIpc) is 2.71. The first-order valence-corrected chi connectivity index (χ1v) is 15.2. The van der Waals surface area contributed by atoms with Gasteiger partial charge in [0, 0.05) is 10.0 Å². The van der Waals surface area contributed by atoms with E-state index in [-0.39, 0.29) is 10.9 Å². The number of rotatable bonds is 10. The smallest absolute Gasteiger partial charge is 0.193 e. The van der Waals surface area contributed by atoms with Crippen LogP contribution in [0.2, 0.25) is 18.1 Å². The Bertz CT molecular complexity index is 867. The second-order valence-corrected chi connectivity index (χ2v) is 15.8. The molecule has 178 valence electrons. The predicted octanol–water partition coefficient (Wildman–Crippen LogP) is 7.45. The molecule has 6 heteroatoms. The molecule has 0 saturated heterocycles. The molecule has 0 aliphatic carbocycles. The second kappa shape index (κ2) is 11.4. The Balaban J connectivity index is 2.53. The van der Waals surface area contributed by atoms with Crippen LogP contribution in [0.25, 0.3) is 0 Å². The molecule has 3 atom stereocenters. The minimum absolute atomic E-state index is 0.0260. The van der Waals surface area contributed by atoms with Gasteiger partial charge in [0.2, 0.25) is 0 Å². The van der Waals surface area contributed by atoms with E-state index in [4.69, 9.17) is 4.43 Å². The third-order valence-electron chi connectivity index (χ3n) is 6.47. The van der Waals surface area contributed by atoms with E-state index in [0.717, 1.165) is 28.4 Å². The van der Waals surface area contributed by atoms with E-state index in [1.807, 2.05) is 31.2 Å². The van der Waals surface area contributed by atoms with E-state index in [0.29, 0.717) is 12.1 Å². The first-order valence-electron chi connectivity index (χ1n) is 11.5. The fraction of sp³-hybridized carbons (Fsp3) is 0.538. The maximum Gasteiger partial charge on any atom is 0.193 e. The van der Waals surface area contributed by atoms with E-state index < -0.39 is 26.6 Å². The van der Waals surface area contributed by atoms with Crippen LogP contribution in [0.5, 0.6) is 0 Å². The molecule has 0 amide bonds. The Morgan fingerprint density at radius 1 is 1.12 bits per heavy atom. The summed E-state index contributed by atoms with van der Waals surface area (Å²) in [6.45, 7) is 15.7. The van der Waals surface area contributed by atoms with Crippen LogP contribution in [0.1, 0.15) is 69.4 Å². The SMILES string of the molecule is CCCCN[C@@H](c1cc(Br)ccc1F)[C@H](O)[C@H](O[Si](C)(C)C(C)(C)C)c1ccc(C)cc1. The number of aryl methyl sites for hydroxylation is 1. The Kier molecular flexibility index (Phi) is 9.68. The van der Waals surface area contributed by atoms with E-state index in [1.165, 1.54) is 6.07 Å². The molecule has 0 saturated carbocycles. The number of halogens is 2. The van der Waals surface area contributed by atoms with Crippen molar-refractivity contribution in [2.45, 2.75) is 83.8 Å². The van der Waals surface area contributed by atoms with Crippen molar-refractivity contribution in [3.05, 3.63) is 69.4 Å². The quantitative estimate of drug-likeness (QED) is 0.251. The van der Waals surface area contributed by atoms with Gasteiger partial charge in [-0.15, -0.1) is 0 Å². The fourth-order valence-electron chi connectivity index (χ4n) is 3.36. The number of unbranched alkanes of at least 4 members (excludes halogenated alkanes) is 1. The highest BCUT2D eigenvalue weighted by Crippen LogP contribution is 2.42. The van der Waals surface area contributed by atoms with Gasteiger partial charge in [0.1, 0.15) is 11.9 Å². The number of aliphatic hydroxyl groups is 1. The molecule has 0 aromatic heterocycles. The number of hydrogen-bond acceptors (Lipinski definition) is 3. The van der Waals surface area contributed by atoms with Crippen molar-refractivity contribution in [1.82, 2.24) is 5.32 Å². The average molecular weight is 525 g/mol. The van der Waals surface area contributed by atoms with Gasteiger partial charge in [-0.25, -0.2) is 4.39 Å². The summed E-state index contributed by atoms with van der Waals surface area (Å²) in [5.41, 5.74) is 2.49. The zero-order chi connectivity index (χ0) is 24.1. The lowest BCUT2D eigenvalue weighted by atomic mass is 9.93. The summed E-state index contributed by atoms with van der Waals surface area (Å²) in [6, 6.07) is 12.4. The van der Waals surface area contributed by atoms with Crippen LogP contribution in [0, 0.1) is 12.7 Å². The first kappa shape index (κ1) is 27.2. The van der Waals surface area contributed by atoms with Gasteiger partial charge in [0.15, 0.2) is 8.32 Å². The minimum atomic E-state index is -2.23. The Morgan fingerprint density at radius 3 is 2.31 bits per heavy atom. The standard InChI is InChI=1S/C26H39BrFNO2Si/c1-8-9-16-29-23(21-17-20(27)14-15-22(21)28)24(30)25(19-12-10-18(2)11-13-19)31-32(6,7)26(3,4)5/h10-15,17,23-25,29-30H,8-9,16H2,1-7H3/t23-,24-,25+/m0/s1. The van der Waals surface area contributed by atoms with Crippen LogP contribution >= 0.6 is 15.9 Å². The van der Waals surface area contributed by atoms with Crippen LogP contribution in [0.4, 0.5) is 4.39 Å². The summed E-state index contributed by atoms with van der Waals surface area (Å²) in [7, 11) is -2.23. The summed E-state index contributed by atoms with van der Waals surface area (Å²) < 4.78 is 22.5. The molecular weight excluding hydrogens is 485 g/mol. The van der Waals surface area contributed by atoms with Crippen LogP contribution in [0.15, 0.2) is 46.9 Å². The lowest BCUT2D eigenvalue weighted by Crippen LogP contribution is -2.46. The van der Waals surface area contributed by atoms with Crippen molar-refractivity contribution in [2.75, 3.05) is 6.54 Å². The molecule has 32 heavy (non-hydrogen) atoms.